The summed E-state index contributed by atoms with van der Waals surface area (Å²) in [5.74, 6) is 1.14. The van der Waals surface area contributed by atoms with E-state index in [0.29, 0.717) is 6.54 Å². The van der Waals surface area contributed by atoms with E-state index in [-0.39, 0.29) is 5.91 Å². The average Bonchev–Trinajstić information content (AvgIpc) is 2.46. The number of carbonyl (C=O) groups is 1. The molecule has 0 radical (unpaired) electrons. The lowest BCUT2D eigenvalue weighted by atomic mass is 10.1. The summed E-state index contributed by atoms with van der Waals surface area (Å²) >= 11 is 1.76. The third-order valence-electron chi connectivity index (χ3n) is 2.69. The first-order valence-electron chi connectivity index (χ1n) is 5.41. The van der Waals surface area contributed by atoms with Crippen LogP contribution in [0, 0.1) is 0 Å². The molecular formula is C12H16N2OS. The highest BCUT2D eigenvalue weighted by atomic mass is 32.2. The van der Waals surface area contributed by atoms with Crippen molar-refractivity contribution in [1.29, 1.82) is 0 Å². The summed E-state index contributed by atoms with van der Waals surface area (Å²) in [4.78, 5) is 13.8. The van der Waals surface area contributed by atoms with Gasteiger partial charge in [-0.25, -0.2) is 0 Å². The van der Waals surface area contributed by atoms with Crippen molar-refractivity contribution in [3.05, 3.63) is 29.8 Å². The van der Waals surface area contributed by atoms with Crippen molar-refractivity contribution in [3.63, 3.8) is 0 Å². The highest BCUT2D eigenvalue weighted by Gasteiger charge is 2.20. The third-order valence-corrected chi connectivity index (χ3v) is 3.28. The van der Waals surface area contributed by atoms with Gasteiger partial charge in [-0.05, 0) is 17.9 Å². The van der Waals surface area contributed by atoms with E-state index < -0.39 is 0 Å². The van der Waals surface area contributed by atoms with Crippen LogP contribution in [0.15, 0.2) is 24.3 Å². The van der Waals surface area contributed by atoms with E-state index in [2.05, 4.69) is 17.6 Å². The molecule has 2 rings (SSSR count). The Bertz CT molecular complexity index is 381. The van der Waals surface area contributed by atoms with Crippen LogP contribution in [-0.2, 0) is 11.3 Å². The Labute approximate surface area is 100 Å². The number of hydrogen-bond donors (Lipinski definition) is 1. The lowest BCUT2D eigenvalue weighted by Gasteiger charge is -2.22. The molecule has 0 bridgehead atoms. The Kier molecular flexibility index (Phi) is 3.85. The van der Waals surface area contributed by atoms with Gasteiger partial charge >= 0.3 is 0 Å². The molecule has 1 amide bonds. The van der Waals surface area contributed by atoms with Gasteiger partial charge in [0.1, 0.15) is 0 Å². The van der Waals surface area contributed by atoms with Gasteiger partial charge in [-0.15, -0.1) is 0 Å². The zero-order chi connectivity index (χ0) is 11.4. The highest BCUT2D eigenvalue weighted by molar-refractivity contribution is 7.98. The monoisotopic (exact) mass is 236 g/mol. The minimum atomic E-state index is 0.166. The summed E-state index contributed by atoms with van der Waals surface area (Å²) in [6.07, 6.45) is 2.06. The molecule has 1 N–H and O–H groups in total. The molecule has 0 fully saturated rings. The smallest absolute Gasteiger partial charge is 0.240 e. The number of hydrogen-bond acceptors (Lipinski definition) is 3. The van der Waals surface area contributed by atoms with E-state index in [4.69, 9.17) is 0 Å². The first-order valence-corrected chi connectivity index (χ1v) is 6.80. The third kappa shape index (κ3) is 2.39. The van der Waals surface area contributed by atoms with Crippen LogP contribution in [0.1, 0.15) is 5.56 Å². The van der Waals surface area contributed by atoms with E-state index in [0.717, 1.165) is 24.5 Å². The number of benzene rings is 1. The number of amides is 1. The fourth-order valence-corrected chi connectivity index (χ4v) is 2.25. The van der Waals surface area contributed by atoms with Crippen molar-refractivity contribution in [2.24, 2.45) is 0 Å². The normalized spacial score (nSPS) is 15.8. The second-order valence-corrected chi connectivity index (χ2v) is 4.76. The molecule has 1 heterocycles. The lowest BCUT2D eigenvalue weighted by molar-refractivity contribution is -0.117. The molecule has 0 aromatic heterocycles. The standard InChI is InChI=1S/C12H16N2OS/c1-16-7-6-14-11-5-3-2-4-10(11)8-13-9-12(14)15/h2-5,13H,6-9H2,1H3. The van der Waals surface area contributed by atoms with E-state index in [1.807, 2.05) is 23.1 Å². The Morgan fingerprint density at radius 2 is 2.19 bits per heavy atom. The van der Waals surface area contributed by atoms with Crippen LogP contribution in [0.2, 0.25) is 0 Å². The number of rotatable bonds is 3. The number of para-hydroxylation sites is 1. The van der Waals surface area contributed by atoms with Gasteiger partial charge in [-0.1, -0.05) is 18.2 Å². The minimum Gasteiger partial charge on any atom is -0.310 e. The quantitative estimate of drug-likeness (QED) is 0.863. The van der Waals surface area contributed by atoms with Gasteiger partial charge in [-0.2, -0.15) is 11.8 Å². The largest absolute Gasteiger partial charge is 0.310 e. The highest BCUT2D eigenvalue weighted by Crippen LogP contribution is 2.22. The molecule has 0 saturated heterocycles. The van der Waals surface area contributed by atoms with Crippen molar-refractivity contribution < 1.29 is 4.79 Å². The molecule has 1 aliphatic rings. The Balaban J connectivity index is 2.28. The summed E-state index contributed by atoms with van der Waals surface area (Å²) in [6, 6.07) is 8.11. The first-order chi connectivity index (χ1) is 7.83. The van der Waals surface area contributed by atoms with E-state index in [1.54, 1.807) is 11.8 Å². The van der Waals surface area contributed by atoms with Gasteiger partial charge in [0.25, 0.3) is 0 Å². The van der Waals surface area contributed by atoms with Gasteiger partial charge < -0.3 is 10.2 Å². The zero-order valence-corrected chi connectivity index (χ0v) is 10.2. The topological polar surface area (TPSA) is 32.3 Å². The van der Waals surface area contributed by atoms with Crippen molar-refractivity contribution in [2.75, 3.05) is 30.0 Å². The van der Waals surface area contributed by atoms with E-state index in [1.165, 1.54) is 5.56 Å². The Morgan fingerprint density at radius 1 is 1.38 bits per heavy atom. The fourth-order valence-electron chi connectivity index (χ4n) is 1.89. The van der Waals surface area contributed by atoms with Gasteiger partial charge in [-0.3, -0.25) is 4.79 Å². The van der Waals surface area contributed by atoms with Crippen molar-refractivity contribution in [2.45, 2.75) is 6.54 Å². The molecule has 0 spiro atoms. The molecule has 16 heavy (non-hydrogen) atoms. The van der Waals surface area contributed by atoms with Crippen LogP contribution in [0.25, 0.3) is 0 Å². The predicted octanol–water partition coefficient (Wildman–Crippen LogP) is 1.49. The summed E-state index contributed by atoms with van der Waals surface area (Å²) in [7, 11) is 0. The van der Waals surface area contributed by atoms with Gasteiger partial charge in [0.2, 0.25) is 5.91 Å². The van der Waals surface area contributed by atoms with Crippen LogP contribution in [0.4, 0.5) is 5.69 Å². The van der Waals surface area contributed by atoms with Crippen LogP contribution >= 0.6 is 11.8 Å². The maximum atomic E-state index is 11.9. The van der Waals surface area contributed by atoms with Crippen LogP contribution in [0.3, 0.4) is 0 Å². The number of anilines is 1. The predicted molar refractivity (Wildman–Crippen MR) is 68.9 cm³/mol. The lowest BCUT2D eigenvalue weighted by Crippen LogP contribution is -2.37. The van der Waals surface area contributed by atoms with Gasteiger partial charge in [0.15, 0.2) is 0 Å². The molecular weight excluding hydrogens is 220 g/mol. The summed E-state index contributed by atoms with van der Waals surface area (Å²) in [5, 5.41) is 3.16. The Morgan fingerprint density at radius 3 is 3.00 bits per heavy atom. The summed E-state index contributed by atoms with van der Waals surface area (Å²) in [5.41, 5.74) is 2.26. The second kappa shape index (κ2) is 5.37. The van der Waals surface area contributed by atoms with Gasteiger partial charge in [0.05, 0.1) is 6.54 Å². The zero-order valence-electron chi connectivity index (χ0n) is 9.40. The molecule has 0 unspecified atom stereocenters. The van der Waals surface area contributed by atoms with Crippen molar-refractivity contribution in [1.82, 2.24) is 5.32 Å². The maximum absolute atomic E-state index is 11.9. The molecule has 4 heteroatoms. The summed E-state index contributed by atoms with van der Waals surface area (Å²) < 4.78 is 0. The average molecular weight is 236 g/mol. The molecule has 0 aliphatic carbocycles. The van der Waals surface area contributed by atoms with Gasteiger partial charge in [0, 0.05) is 24.5 Å². The van der Waals surface area contributed by atoms with E-state index >= 15 is 0 Å². The molecule has 1 aromatic carbocycles. The molecule has 86 valence electrons. The molecule has 0 saturated carbocycles. The maximum Gasteiger partial charge on any atom is 0.240 e. The Hall–Kier alpha value is -1.00. The minimum absolute atomic E-state index is 0.166. The summed E-state index contributed by atoms with van der Waals surface area (Å²) in [6.45, 7) is 2.00. The number of thioether (sulfide) groups is 1. The number of nitrogens with zero attached hydrogens (tertiary/aromatic N) is 1. The second-order valence-electron chi connectivity index (χ2n) is 3.77. The molecule has 0 atom stereocenters. The number of carbonyl (C=O) groups excluding carboxylic acids is 1. The fraction of sp³-hybridized carbons (Fsp3) is 0.417. The molecule has 1 aliphatic heterocycles. The van der Waals surface area contributed by atoms with Crippen LogP contribution in [0.5, 0.6) is 0 Å². The van der Waals surface area contributed by atoms with Crippen molar-refractivity contribution >= 4 is 23.4 Å². The SMILES string of the molecule is CSCCN1C(=O)CNCc2ccccc21. The molecule has 1 aromatic rings. The molecule has 3 nitrogen and oxygen atoms in total. The first kappa shape index (κ1) is 11.5. The van der Waals surface area contributed by atoms with Crippen molar-refractivity contribution in [3.8, 4) is 0 Å². The number of nitrogens with one attached hydrogen (secondary N) is 1. The van der Waals surface area contributed by atoms with Crippen LogP contribution in [-0.4, -0.2) is 31.0 Å². The van der Waals surface area contributed by atoms with E-state index in [9.17, 15) is 4.79 Å². The van der Waals surface area contributed by atoms with Crippen LogP contribution < -0.4 is 10.2 Å². The number of fused-ring (bicyclic) bond motifs is 1.